The summed E-state index contributed by atoms with van der Waals surface area (Å²) in [5.74, 6) is 0.699. The summed E-state index contributed by atoms with van der Waals surface area (Å²) in [5.41, 5.74) is 0.173. The Balaban J connectivity index is 2.14. The fourth-order valence-electron chi connectivity index (χ4n) is 1.91. The zero-order valence-electron chi connectivity index (χ0n) is 10.6. The summed E-state index contributed by atoms with van der Waals surface area (Å²) in [7, 11) is 0. The van der Waals surface area contributed by atoms with Crippen LogP contribution in [0.3, 0.4) is 0 Å². The number of hydrogen-bond donors (Lipinski definition) is 0. The fraction of sp³-hybridized carbons (Fsp3) is 0.0667. The van der Waals surface area contributed by atoms with Crippen molar-refractivity contribution < 1.29 is 18.4 Å². The van der Waals surface area contributed by atoms with Gasteiger partial charge in [0.15, 0.2) is 16.9 Å². The zero-order valence-corrected chi connectivity index (χ0v) is 10.6. The molecule has 0 aliphatic rings. The second-order valence-electron chi connectivity index (χ2n) is 4.20. The van der Waals surface area contributed by atoms with Gasteiger partial charge >= 0.3 is 5.97 Å². The molecule has 0 N–H and O–H groups in total. The van der Waals surface area contributed by atoms with Gasteiger partial charge in [0.1, 0.15) is 11.3 Å². The van der Waals surface area contributed by atoms with Crippen molar-refractivity contribution in [2.45, 2.75) is 6.92 Å². The standard InChI is InChI=1S/C15H10O5/c1-9(16)19-10-4-5-13-11(7-10)12(17)8-15(20-13)14-3-2-6-18-14/h2-8H,1H3. The molecule has 0 aliphatic carbocycles. The zero-order chi connectivity index (χ0) is 14.1. The topological polar surface area (TPSA) is 69.7 Å². The molecule has 0 saturated heterocycles. The average Bonchev–Trinajstić information content (AvgIpc) is 2.92. The summed E-state index contributed by atoms with van der Waals surface area (Å²) in [4.78, 5) is 23.0. The van der Waals surface area contributed by atoms with Crippen LogP contribution in [0.4, 0.5) is 0 Å². The minimum atomic E-state index is -0.444. The van der Waals surface area contributed by atoms with Gasteiger partial charge in [-0.3, -0.25) is 9.59 Å². The van der Waals surface area contributed by atoms with Crippen molar-refractivity contribution in [1.82, 2.24) is 0 Å². The number of benzene rings is 1. The molecule has 0 radical (unpaired) electrons. The lowest BCUT2D eigenvalue weighted by atomic mass is 10.2. The van der Waals surface area contributed by atoms with Crippen LogP contribution in [0.25, 0.3) is 22.5 Å². The van der Waals surface area contributed by atoms with Gasteiger partial charge in [0.2, 0.25) is 0 Å². The lowest BCUT2D eigenvalue weighted by Crippen LogP contribution is -2.04. The van der Waals surface area contributed by atoms with E-state index >= 15 is 0 Å². The summed E-state index contributed by atoms with van der Waals surface area (Å²) < 4.78 is 15.8. The smallest absolute Gasteiger partial charge is 0.308 e. The van der Waals surface area contributed by atoms with Crippen LogP contribution in [0.1, 0.15) is 6.92 Å². The molecule has 0 amide bonds. The van der Waals surface area contributed by atoms with E-state index in [1.165, 1.54) is 25.3 Å². The van der Waals surface area contributed by atoms with E-state index in [4.69, 9.17) is 13.6 Å². The van der Waals surface area contributed by atoms with E-state index in [0.717, 1.165) is 0 Å². The molecule has 2 aromatic heterocycles. The summed E-state index contributed by atoms with van der Waals surface area (Å²) >= 11 is 0. The second kappa shape index (κ2) is 4.70. The van der Waals surface area contributed by atoms with Crippen molar-refractivity contribution in [1.29, 1.82) is 0 Å². The molecule has 0 aliphatic heterocycles. The first-order chi connectivity index (χ1) is 9.63. The summed E-state index contributed by atoms with van der Waals surface area (Å²) in [6, 6.07) is 9.40. The SMILES string of the molecule is CC(=O)Oc1ccc2oc(-c3ccco3)cc(=O)c2c1. The predicted octanol–water partition coefficient (Wildman–Crippen LogP) is 2.98. The predicted molar refractivity (Wildman–Crippen MR) is 71.5 cm³/mol. The molecule has 0 fully saturated rings. The highest BCUT2D eigenvalue weighted by Gasteiger charge is 2.10. The van der Waals surface area contributed by atoms with Crippen LogP contribution in [0, 0.1) is 0 Å². The summed E-state index contributed by atoms with van der Waals surface area (Å²) in [6.07, 6.45) is 1.50. The second-order valence-corrected chi connectivity index (χ2v) is 4.20. The van der Waals surface area contributed by atoms with E-state index in [9.17, 15) is 9.59 Å². The maximum Gasteiger partial charge on any atom is 0.308 e. The minimum absolute atomic E-state index is 0.230. The first-order valence-corrected chi connectivity index (χ1v) is 5.94. The first kappa shape index (κ1) is 12.2. The van der Waals surface area contributed by atoms with Gasteiger partial charge in [-0.05, 0) is 30.3 Å². The van der Waals surface area contributed by atoms with Gasteiger partial charge in [-0.25, -0.2) is 0 Å². The molecule has 3 aromatic rings. The lowest BCUT2D eigenvalue weighted by Gasteiger charge is -2.03. The molecule has 0 unspecified atom stereocenters. The van der Waals surface area contributed by atoms with E-state index < -0.39 is 5.97 Å². The number of ether oxygens (including phenoxy) is 1. The minimum Gasteiger partial charge on any atom is -0.461 e. The lowest BCUT2D eigenvalue weighted by molar-refractivity contribution is -0.131. The number of rotatable bonds is 2. The molecule has 2 heterocycles. The van der Waals surface area contributed by atoms with Crippen LogP contribution < -0.4 is 10.2 Å². The normalized spacial score (nSPS) is 10.7. The third-order valence-electron chi connectivity index (χ3n) is 2.72. The number of furan rings is 1. The van der Waals surface area contributed by atoms with E-state index in [1.54, 1.807) is 24.3 Å². The van der Waals surface area contributed by atoms with Crippen molar-refractivity contribution in [3.63, 3.8) is 0 Å². The van der Waals surface area contributed by atoms with E-state index in [0.29, 0.717) is 28.2 Å². The highest BCUT2D eigenvalue weighted by molar-refractivity contribution is 5.81. The number of carbonyl (C=O) groups excluding carboxylic acids is 1. The van der Waals surface area contributed by atoms with Crippen LogP contribution >= 0.6 is 0 Å². The molecule has 0 bridgehead atoms. The molecule has 0 atom stereocenters. The van der Waals surface area contributed by atoms with Crippen molar-refractivity contribution in [3.8, 4) is 17.3 Å². The number of hydrogen-bond acceptors (Lipinski definition) is 5. The van der Waals surface area contributed by atoms with Crippen molar-refractivity contribution >= 4 is 16.9 Å². The summed E-state index contributed by atoms with van der Waals surface area (Å²) in [6.45, 7) is 1.30. The van der Waals surface area contributed by atoms with Crippen LogP contribution in [-0.2, 0) is 4.79 Å². The largest absolute Gasteiger partial charge is 0.461 e. The molecule has 0 spiro atoms. The number of carbonyl (C=O) groups is 1. The molecule has 5 nitrogen and oxygen atoms in total. The third-order valence-corrected chi connectivity index (χ3v) is 2.72. The van der Waals surface area contributed by atoms with Gasteiger partial charge < -0.3 is 13.6 Å². The maximum absolute atomic E-state index is 12.1. The molecular weight excluding hydrogens is 260 g/mol. The van der Waals surface area contributed by atoms with E-state index in [-0.39, 0.29) is 5.43 Å². The Hall–Kier alpha value is -2.82. The molecule has 0 saturated carbocycles. The van der Waals surface area contributed by atoms with E-state index in [1.807, 2.05) is 0 Å². The van der Waals surface area contributed by atoms with Gasteiger partial charge in [-0.1, -0.05) is 0 Å². The molecule has 1 aromatic carbocycles. The van der Waals surface area contributed by atoms with E-state index in [2.05, 4.69) is 0 Å². The Morgan fingerprint density at radius 3 is 2.70 bits per heavy atom. The average molecular weight is 270 g/mol. The molecule has 20 heavy (non-hydrogen) atoms. The van der Waals surface area contributed by atoms with Gasteiger partial charge in [-0.15, -0.1) is 0 Å². The molecule has 100 valence electrons. The molecule has 3 rings (SSSR count). The van der Waals surface area contributed by atoms with Crippen LogP contribution in [0.2, 0.25) is 0 Å². The maximum atomic E-state index is 12.1. The van der Waals surface area contributed by atoms with Crippen LogP contribution in [-0.4, -0.2) is 5.97 Å². The number of fused-ring (bicyclic) bond motifs is 1. The Labute approximate surface area is 113 Å². The fourth-order valence-corrected chi connectivity index (χ4v) is 1.91. The Morgan fingerprint density at radius 2 is 2.00 bits per heavy atom. The van der Waals surface area contributed by atoms with Gasteiger partial charge in [0.25, 0.3) is 0 Å². The Kier molecular flexibility index (Phi) is 2.87. The quantitative estimate of drug-likeness (QED) is 0.529. The monoisotopic (exact) mass is 270 g/mol. The Morgan fingerprint density at radius 1 is 1.15 bits per heavy atom. The highest BCUT2D eigenvalue weighted by atomic mass is 16.5. The third kappa shape index (κ3) is 2.21. The first-order valence-electron chi connectivity index (χ1n) is 5.94. The molecular formula is C15H10O5. The van der Waals surface area contributed by atoms with Crippen molar-refractivity contribution in [3.05, 3.63) is 52.9 Å². The highest BCUT2D eigenvalue weighted by Crippen LogP contribution is 2.24. The van der Waals surface area contributed by atoms with Crippen molar-refractivity contribution in [2.75, 3.05) is 0 Å². The van der Waals surface area contributed by atoms with Gasteiger partial charge in [0.05, 0.1) is 11.6 Å². The Bertz CT molecular complexity index is 827. The van der Waals surface area contributed by atoms with Crippen LogP contribution in [0.15, 0.2) is 56.3 Å². The summed E-state index contributed by atoms with van der Waals surface area (Å²) in [5, 5.41) is 0.346. The van der Waals surface area contributed by atoms with Crippen molar-refractivity contribution in [2.24, 2.45) is 0 Å². The van der Waals surface area contributed by atoms with Gasteiger partial charge in [0, 0.05) is 13.0 Å². The number of esters is 1. The van der Waals surface area contributed by atoms with Crippen LogP contribution in [0.5, 0.6) is 5.75 Å². The van der Waals surface area contributed by atoms with Gasteiger partial charge in [-0.2, -0.15) is 0 Å². The molecule has 5 heteroatoms.